The molecule has 0 saturated carbocycles. The lowest BCUT2D eigenvalue weighted by Crippen LogP contribution is -2.31. The average molecular weight is 276 g/mol. The number of methoxy groups -OCH3 is 1. The van der Waals surface area contributed by atoms with E-state index in [4.69, 9.17) is 13.9 Å². The van der Waals surface area contributed by atoms with E-state index in [-0.39, 0.29) is 17.8 Å². The molecule has 1 aromatic carbocycles. The van der Waals surface area contributed by atoms with E-state index >= 15 is 0 Å². The Morgan fingerprint density at radius 3 is 2.75 bits per heavy atom. The summed E-state index contributed by atoms with van der Waals surface area (Å²) in [7, 11) is 1.47. The first kappa shape index (κ1) is 14.1. The summed E-state index contributed by atoms with van der Waals surface area (Å²) in [5.41, 5.74) is -0.264. The Bertz CT molecular complexity index is 684. The highest BCUT2D eigenvalue weighted by molar-refractivity contribution is 5.85. The van der Waals surface area contributed by atoms with Crippen LogP contribution in [0.5, 0.6) is 11.5 Å². The molecule has 5 nitrogen and oxygen atoms in total. The molecule has 0 fully saturated rings. The second kappa shape index (κ2) is 5.38. The minimum atomic E-state index is -1.47. The number of ether oxygens (including phenoxy) is 2. The maximum atomic E-state index is 11.4. The smallest absolute Gasteiger partial charge is 0.336 e. The standard InChI is InChI=1S/C15H16O5/c1-4-9-15(2,17)20-14-11(18-3)7-5-10-6-8-12(16)19-13(10)14/h4-8,17H,1,9H2,2-3H3. The Balaban J connectivity index is 2.61. The van der Waals surface area contributed by atoms with E-state index in [1.165, 1.54) is 26.2 Å². The monoisotopic (exact) mass is 276 g/mol. The molecular formula is C15H16O5. The lowest BCUT2D eigenvalue weighted by atomic mass is 10.2. The molecule has 1 heterocycles. The summed E-state index contributed by atoms with van der Waals surface area (Å²) >= 11 is 0. The maximum Gasteiger partial charge on any atom is 0.336 e. The first-order valence-electron chi connectivity index (χ1n) is 6.10. The summed E-state index contributed by atoms with van der Waals surface area (Å²) in [5.74, 6) is -0.914. The zero-order valence-electron chi connectivity index (χ0n) is 11.4. The molecule has 20 heavy (non-hydrogen) atoms. The van der Waals surface area contributed by atoms with Gasteiger partial charge >= 0.3 is 5.63 Å². The Morgan fingerprint density at radius 1 is 1.40 bits per heavy atom. The molecule has 2 rings (SSSR count). The van der Waals surface area contributed by atoms with Crippen molar-refractivity contribution in [3.05, 3.63) is 47.3 Å². The summed E-state index contributed by atoms with van der Waals surface area (Å²) < 4.78 is 15.9. The summed E-state index contributed by atoms with van der Waals surface area (Å²) in [6.45, 7) is 5.06. The van der Waals surface area contributed by atoms with Crippen LogP contribution in [0.15, 0.2) is 46.1 Å². The summed E-state index contributed by atoms with van der Waals surface area (Å²) in [5, 5.41) is 10.8. The molecule has 0 aliphatic carbocycles. The SMILES string of the molecule is C=CCC(C)(O)Oc1c(OC)ccc2ccc(=O)oc12. The van der Waals surface area contributed by atoms with Crippen LogP contribution in [0.3, 0.4) is 0 Å². The largest absolute Gasteiger partial charge is 0.493 e. The van der Waals surface area contributed by atoms with Gasteiger partial charge in [-0.3, -0.25) is 0 Å². The fraction of sp³-hybridized carbons (Fsp3) is 0.267. The Hall–Kier alpha value is -2.27. The molecule has 1 aromatic heterocycles. The fourth-order valence-electron chi connectivity index (χ4n) is 1.88. The first-order valence-corrected chi connectivity index (χ1v) is 6.10. The topological polar surface area (TPSA) is 68.9 Å². The Morgan fingerprint density at radius 2 is 2.10 bits per heavy atom. The van der Waals surface area contributed by atoms with Crippen LogP contribution in [-0.4, -0.2) is 18.0 Å². The molecule has 0 radical (unpaired) electrons. The van der Waals surface area contributed by atoms with Crippen molar-refractivity contribution in [3.63, 3.8) is 0 Å². The summed E-state index contributed by atoms with van der Waals surface area (Å²) in [6, 6.07) is 6.37. The van der Waals surface area contributed by atoms with E-state index in [2.05, 4.69) is 6.58 Å². The molecule has 1 atom stereocenters. The van der Waals surface area contributed by atoms with Crippen LogP contribution in [0.25, 0.3) is 11.0 Å². The van der Waals surface area contributed by atoms with Crippen molar-refractivity contribution in [1.29, 1.82) is 0 Å². The zero-order chi connectivity index (χ0) is 14.8. The van der Waals surface area contributed by atoms with Crippen molar-refractivity contribution in [2.45, 2.75) is 19.1 Å². The lowest BCUT2D eigenvalue weighted by molar-refractivity contribution is -0.118. The number of fused-ring (bicyclic) bond motifs is 1. The number of aliphatic hydroxyl groups is 1. The van der Waals surface area contributed by atoms with E-state index in [1.54, 1.807) is 18.2 Å². The van der Waals surface area contributed by atoms with Gasteiger partial charge in [0.15, 0.2) is 11.3 Å². The van der Waals surface area contributed by atoms with Crippen molar-refractivity contribution >= 4 is 11.0 Å². The van der Waals surface area contributed by atoms with E-state index < -0.39 is 11.4 Å². The van der Waals surface area contributed by atoms with Gasteiger partial charge in [0, 0.05) is 24.8 Å². The number of hydrogen-bond acceptors (Lipinski definition) is 5. The maximum absolute atomic E-state index is 11.4. The van der Waals surface area contributed by atoms with Gasteiger partial charge in [0.25, 0.3) is 0 Å². The average Bonchev–Trinajstić information content (AvgIpc) is 2.39. The van der Waals surface area contributed by atoms with Gasteiger partial charge in [0.05, 0.1) is 7.11 Å². The van der Waals surface area contributed by atoms with Gasteiger partial charge in [-0.05, 0) is 18.2 Å². The van der Waals surface area contributed by atoms with Crippen LogP contribution in [0, 0.1) is 0 Å². The van der Waals surface area contributed by atoms with Crippen LogP contribution >= 0.6 is 0 Å². The number of rotatable bonds is 5. The van der Waals surface area contributed by atoms with Crippen molar-refractivity contribution in [2.24, 2.45) is 0 Å². The third kappa shape index (κ3) is 2.83. The van der Waals surface area contributed by atoms with E-state index in [0.717, 1.165) is 0 Å². The van der Waals surface area contributed by atoms with Gasteiger partial charge in [0.2, 0.25) is 11.5 Å². The Kier molecular flexibility index (Phi) is 3.81. The Labute approximate surface area is 116 Å². The predicted octanol–water partition coefficient (Wildman–Crippen LogP) is 2.47. The van der Waals surface area contributed by atoms with Crippen molar-refractivity contribution in [2.75, 3.05) is 7.11 Å². The molecule has 106 valence electrons. The van der Waals surface area contributed by atoms with Crippen molar-refractivity contribution in [1.82, 2.24) is 0 Å². The molecule has 0 spiro atoms. The predicted molar refractivity (Wildman–Crippen MR) is 75.1 cm³/mol. The van der Waals surface area contributed by atoms with Gasteiger partial charge in [-0.25, -0.2) is 4.79 Å². The molecule has 0 aliphatic heterocycles. The van der Waals surface area contributed by atoms with E-state index in [1.807, 2.05) is 0 Å². The molecule has 1 N–H and O–H groups in total. The van der Waals surface area contributed by atoms with Gasteiger partial charge in [0.1, 0.15) is 0 Å². The highest BCUT2D eigenvalue weighted by atomic mass is 16.6. The lowest BCUT2D eigenvalue weighted by Gasteiger charge is -2.24. The van der Waals surface area contributed by atoms with Gasteiger partial charge in [-0.15, -0.1) is 6.58 Å². The van der Waals surface area contributed by atoms with Crippen LogP contribution in [-0.2, 0) is 0 Å². The fourth-order valence-corrected chi connectivity index (χ4v) is 1.88. The minimum absolute atomic E-state index is 0.189. The molecule has 0 bridgehead atoms. The number of hydrogen-bond donors (Lipinski definition) is 1. The molecule has 5 heteroatoms. The highest BCUT2D eigenvalue weighted by Crippen LogP contribution is 2.37. The summed E-state index contributed by atoms with van der Waals surface area (Å²) in [4.78, 5) is 11.4. The van der Waals surface area contributed by atoms with E-state index in [0.29, 0.717) is 11.1 Å². The molecular weight excluding hydrogens is 260 g/mol. The van der Waals surface area contributed by atoms with Crippen LogP contribution in [0.2, 0.25) is 0 Å². The van der Waals surface area contributed by atoms with Crippen LogP contribution in [0.1, 0.15) is 13.3 Å². The second-order valence-electron chi connectivity index (χ2n) is 4.54. The second-order valence-corrected chi connectivity index (χ2v) is 4.54. The van der Waals surface area contributed by atoms with Gasteiger partial charge in [-0.2, -0.15) is 0 Å². The van der Waals surface area contributed by atoms with Crippen molar-refractivity contribution in [3.8, 4) is 11.5 Å². The first-order chi connectivity index (χ1) is 9.46. The van der Waals surface area contributed by atoms with Crippen LogP contribution < -0.4 is 15.1 Å². The molecule has 2 aromatic rings. The van der Waals surface area contributed by atoms with Gasteiger partial charge < -0.3 is 19.0 Å². The van der Waals surface area contributed by atoms with E-state index in [9.17, 15) is 9.90 Å². The minimum Gasteiger partial charge on any atom is -0.493 e. The third-order valence-corrected chi connectivity index (χ3v) is 2.77. The molecule has 0 amide bonds. The van der Waals surface area contributed by atoms with Crippen molar-refractivity contribution < 1.29 is 19.0 Å². The number of benzene rings is 1. The summed E-state index contributed by atoms with van der Waals surface area (Å²) in [6.07, 6.45) is 1.75. The molecule has 0 saturated heterocycles. The highest BCUT2D eigenvalue weighted by Gasteiger charge is 2.25. The zero-order valence-corrected chi connectivity index (χ0v) is 11.4. The van der Waals surface area contributed by atoms with Crippen LogP contribution in [0.4, 0.5) is 0 Å². The molecule has 1 unspecified atom stereocenters. The third-order valence-electron chi connectivity index (χ3n) is 2.77. The van der Waals surface area contributed by atoms with Gasteiger partial charge in [-0.1, -0.05) is 6.08 Å². The molecule has 0 aliphatic rings. The quantitative estimate of drug-likeness (QED) is 0.516. The normalized spacial score (nSPS) is 13.8.